The molecule has 1 aliphatic carbocycles. The number of carbonyl (C=O) groups is 2. The number of carbonyl (C=O) groups excluding carboxylic acids is 2. The van der Waals surface area contributed by atoms with Crippen LogP contribution < -0.4 is 14.8 Å². The van der Waals surface area contributed by atoms with Crippen molar-refractivity contribution in [2.75, 3.05) is 25.4 Å². The first-order valence-corrected chi connectivity index (χ1v) is 10.7. The third-order valence-corrected chi connectivity index (χ3v) is 5.24. The van der Waals surface area contributed by atoms with Crippen LogP contribution in [-0.2, 0) is 4.79 Å². The minimum Gasteiger partial charge on any atom is -0.493 e. The lowest BCUT2D eigenvalue weighted by molar-refractivity contribution is -0.113. The number of amides is 2. The summed E-state index contributed by atoms with van der Waals surface area (Å²) < 4.78 is 11.5. The molecule has 7 nitrogen and oxygen atoms in total. The Morgan fingerprint density at radius 2 is 1.87 bits per heavy atom. The summed E-state index contributed by atoms with van der Waals surface area (Å²) in [7, 11) is 3.20. The molecule has 1 aliphatic rings. The van der Waals surface area contributed by atoms with Crippen molar-refractivity contribution in [3.05, 3.63) is 53.6 Å². The number of hydrazone groups is 1. The van der Waals surface area contributed by atoms with Crippen LogP contribution in [0.1, 0.15) is 41.6 Å². The highest BCUT2D eigenvalue weighted by Crippen LogP contribution is 2.32. The first-order valence-electron chi connectivity index (χ1n) is 10.1. The molecular formula is C23H26ClN3O4. The molecule has 0 saturated heterocycles. The van der Waals surface area contributed by atoms with Gasteiger partial charge in [0.15, 0.2) is 11.5 Å². The van der Waals surface area contributed by atoms with Crippen LogP contribution in [0.4, 0.5) is 5.69 Å². The van der Waals surface area contributed by atoms with Crippen molar-refractivity contribution in [1.82, 2.24) is 5.01 Å². The van der Waals surface area contributed by atoms with Gasteiger partial charge >= 0.3 is 0 Å². The van der Waals surface area contributed by atoms with Crippen molar-refractivity contribution < 1.29 is 19.1 Å². The number of methoxy groups -OCH3 is 1. The lowest BCUT2D eigenvalue weighted by atomic mass is 10.2. The Labute approximate surface area is 187 Å². The van der Waals surface area contributed by atoms with Gasteiger partial charge in [-0.05, 0) is 73.7 Å². The van der Waals surface area contributed by atoms with Crippen molar-refractivity contribution in [3.63, 3.8) is 0 Å². The number of anilines is 1. The first-order chi connectivity index (χ1) is 15.0. The number of alkyl halides is 1. The maximum absolute atomic E-state index is 12.6. The Morgan fingerprint density at radius 1 is 1.16 bits per heavy atom. The molecule has 0 radical (unpaired) electrons. The molecule has 1 N–H and O–H groups in total. The van der Waals surface area contributed by atoms with E-state index in [2.05, 4.69) is 10.4 Å². The fraction of sp³-hybridized carbons (Fsp3) is 0.348. The van der Waals surface area contributed by atoms with Gasteiger partial charge in [-0.1, -0.05) is 0 Å². The van der Waals surface area contributed by atoms with Gasteiger partial charge in [-0.25, -0.2) is 5.01 Å². The van der Waals surface area contributed by atoms with Crippen LogP contribution >= 0.6 is 11.6 Å². The maximum atomic E-state index is 12.6. The third-order valence-electron chi connectivity index (χ3n) is 4.99. The highest BCUT2D eigenvalue weighted by molar-refractivity contribution is 6.29. The second kappa shape index (κ2) is 10.8. The summed E-state index contributed by atoms with van der Waals surface area (Å²) in [5.41, 5.74) is 1.82. The fourth-order valence-corrected chi connectivity index (χ4v) is 3.40. The summed E-state index contributed by atoms with van der Waals surface area (Å²) in [4.78, 5) is 23.9. The molecule has 2 amide bonds. The van der Waals surface area contributed by atoms with Gasteiger partial charge in [-0.2, -0.15) is 5.10 Å². The predicted octanol–water partition coefficient (Wildman–Crippen LogP) is 4.30. The summed E-state index contributed by atoms with van der Waals surface area (Å²) in [5.74, 6) is 0.647. The Kier molecular flexibility index (Phi) is 7.89. The molecule has 8 heteroatoms. The number of benzene rings is 2. The summed E-state index contributed by atoms with van der Waals surface area (Å²) in [6.45, 7) is 0. The molecule has 0 aliphatic heterocycles. The molecule has 0 spiro atoms. The molecule has 0 unspecified atom stereocenters. The van der Waals surface area contributed by atoms with Crippen molar-refractivity contribution in [1.29, 1.82) is 0 Å². The van der Waals surface area contributed by atoms with Crippen molar-refractivity contribution in [2.24, 2.45) is 5.10 Å². The molecular weight excluding hydrogens is 418 g/mol. The van der Waals surface area contributed by atoms with Gasteiger partial charge in [0, 0.05) is 18.3 Å². The van der Waals surface area contributed by atoms with Crippen LogP contribution in [0.3, 0.4) is 0 Å². The van der Waals surface area contributed by atoms with Gasteiger partial charge in [0.2, 0.25) is 5.91 Å². The maximum Gasteiger partial charge on any atom is 0.273 e. The van der Waals surface area contributed by atoms with Crippen LogP contribution in [0.15, 0.2) is 47.6 Å². The van der Waals surface area contributed by atoms with Crippen LogP contribution in [0.5, 0.6) is 11.5 Å². The summed E-state index contributed by atoms with van der Waals surface area (Å²) in [5, 5.41) is 8.14. The van der Waals surface area contributed by atoms with Gasteiger partial charge < -0.3 is 14.8 Å². The summed E-state index contributed by atoms with van der Waals surface area (Å²) >= 11 is 5.48. The molecule has 1 fully saturated rings. The van der Waals surface area contributed by atoms with E-state index in [9.17, 15) is 9.59 Å². The SMILES string of the molecule is COc1ccc(C=NN(C)C(=O)c2ccc(NC(=O)CCl)cc2)cc1OC1CCCC1. The molecule has 0 aromatic heterocycles. The lowest BCUT2D eigenvalue weighted by Crippen LogP contribution is -2.21. The number of hydrogen-bond acceptors (Lipinski definition) is 5. The Bertz CT molecular complexity index is 940. The second-order valence-corrected chi connectivity index (χ2v) is 7.53. The fourth-order valence-electron chi connectivity index (χ4n) is 3.33. The molecule has 0 bridgehead atoms. The minimum absolute atomic E-state index is 0.128. The summed E-state index contributed by atoms with van der Waals surface area (Å²) in [6.07, 6.45) is 6.28. The van der Waals surface area contributed by atoms with Gasteiger partial charge in [-0.3, -0.25) is 9.59 Å². The van der Waals surface area contributed by atoms with Crippen molar-refractivity contribution >= 4 is 35.3 Å². The molecule has 2 aromatic carbocycles. The van der Waals surface area contributed by atoms with Gasteiger partial charge in [0.25, 0.3) is 5.91 Å². The van der Waals surface area contributed by atoms with E-state index in [1.165, 1.54) is 17.9 Å². The standard InChI is InChI=1S/C23H26ClN3O4/c1-27(23(29)17-8-10-18(11-9-17)26-22(28)14-24)25-15-16-7-12-20(30-2)21(13-16)31-19-5-3-4-6-19/h7-13,15,19H,3-6,14H2,1-2H3,(H,26,28). The number of hydrogen-bond donors (Lipinski definition) is 1. The van der Waals surface area contributed by atoms with E-state index in [-0.39, 0.29) is 23.8 Å². The van der Waals surface area contributed by atoms with E-state index < -0.39 is 0 Å². The number of halogens is 1. The molecule has 2 aromatic rings. The minimum atomic E-state index is -0.307. The largest absolute Gasteiger partial charge is 0.493 e. The summed E-state index contributed by atoms with van der Waals surface area (Å²) in [6, 6.07) is 12.1. The molecule has 164 valence electrons. The molecule has 31 heavy (non-hydrogen) atoms. The predicted molar refractivity (Wildman–Crippen MR) is 121 cm³/mol. The smallest absolute Gasteiger partial charge is 0.273 e. The zero-order chi connectivity index (χ0) is 22.2. The van der Waals surface area contributed by atoms with Crippen LogP contribution in [0.25, 0.3) is 0 Å². The Balaban J connectivity index is 1.66. The topological polar surface area (TPSA) is 80.2 Å². The van der Waals surface area contributed by atoms with E-state index in [4.69, 9.17) is 21.1 Å². The van der Waals surface area contributed by atoms with E-state index >= 15 is 0 Å². The number of rotatable bonds is 8. The quantitative estimate of drug-likeness (QED) is 0.374. The molecule has 3 rings (SSSR count). The Hall–Kier alpha value is -3.06. The van der Waals surface area contributed by atoms with Crippen LogP contribution in [0, 0.1) is 0 Å². The zero-order valence-electron chi connectivity index (χ0n) is 17.6. The van der Waals surface area contributed by atoms with Crippen molar-refractivity contribution in [3.8, 4) is 11.5 Å². The van der Waals surface area contributed by atoms with E-state index in [0.29, 0.717) is 22.7 Å². The third kappa shape index (κ3) is 6.21. The number of nitrogens with zero attached hydrogens (tertiary/aromatic N) is 2. The van der Waals surface area contributed by atoms with E-state index in [0.717, 1.165) is 18.4 Å². The zero-order valence-corrected chi connectivity index (χ0v) is 18.4. The van der Waals surface area contributed by atoms with E-state index in [1.54, 1.807) is 44.6 Å². The highest BCUT2D eigenvalue weighted by Gasteiger charge is 2.18. The molecule has 0 heterocycles. The number of nitrogens with one attached hydrogen (secondary N) is 1. The van der Waals surface area contributed by atoms with E-state index in [1.807, 2.05) is 18.2 Å². The highest BCUT2D eigenvalue weighted by atomic mass is 35.5. The van der Waals surface area contributed by atoms with Crippen molar-refractivity contribution in [2.45, 2.75) is 31.8 Å². The van der Waals surface area contributed by atoms with Gasteiger partial charge in [-0.15, -0.1) is 11.6 Å². The average Bonchev–Trinajstić information content (AvgIpc) is 3.30. The number of ether oxygens (including phenoxy) is 2. The average molecular weight is 444 g/mol. The van der Waals surface area contributed by atoms with Crippen LogP contribution in [-0.4, -0.2) is 49.2 Å². The molecule has 0 atom stereocenters. The van der Waals surface area contributed by atoms with Crippen LogP contribution in [0.2, 0.25) is 0 Å². The second-order valence-electron chi connectivity index (χ2n) is 7.27. The first kappa shape index (κ1) is 22.6. The monoisotopic (exact) mass is 443 g/mol. The normalized spacial score (nSPS) is 13.9. The van der Waals surface area contributed by atoms with Gasteiger partial charge in [0.1, 0.15) is 5.88 Å². The molecule has 1 saturated carbocycles. The lowest BCUT2D eigenvalue weighted by Gasteiger charge is -2.16. The van der Waals surface area contributed by atoms with Gasteiger partial charge in [0.05, 0.1) is 19.4 Å². The Morgan fingerprint density at radius 3 is 2.52 bits per heavy atom.